The first-order chi connectivity index (χ1) is 8.01. The van der Waals surface area contributed by atoms with Crippen molar-refractivity contribution in [3.8, 4) is 0 Å². The zero-order valence-corrected chi connectivity index (χ0v) is 10.6. The summed E-state index contributed by atoms with van der Waals surface area (Å²) in [5.41, 5.74) is 0.0842. The molecule has 1 aliphatic heterocycles. The van der Waals surface area contributed by atoms with Crippen LogP contribution in [-0.4, -0.2) is 17.9 Å². The number of ether oxygens (including phenoxy) is 1. The molecule has 0 N–H and O–H groups in total. The summed E-state index contributed by atoms with van der Waals surface area (Å²) < 4.78 is 5.48. The highest BCUT2D eigenvalue weighted by Gasteiger charge is 2.55. The van der Waals surface area contributed by atoms with E-state index in [4.69, 9.17) is 4.74 Å². The summed E-state index contributed by atoms with van der Waals surface area (Å²) in [5, 5.41) is 0. The van der Waals surface area contributed by atoms with Gasteiger partial charge in [0.05, 0.1) is 5.92 Å². The van der Waals surface area contributed by atoms with Crippen LogP contribution in [0.5, 0.6) is 0 Å². The maximum atomic E-state index is 12.1. The SMILES string of the molecule is C[C@H]1C(=O)O[C@@H]2C[C@@]3(C)CCCC(=O)[C@@H]3C[C@@H]21. The fraction of sp³-hybridized carbons (Fsp3) is 0.857. The molecule has 0 aromatic carbocycles. The van der Waals surface area contributed by atoms with Crippen molar-refractivity contribution in [2.24, 2.45) is 23.2 Å². The van der Waals surface area contributed by atoms with Crippen molar-refractivity contribution < 1.29 is 14.3 Å². The zero-order valence-electron chi connectivity index (χ0n) is 10.6. The van der Waals surface area contributed by atoms with Crippen LogP contribution in [0.15, 0.2) is 0 Å². The summed E-state index contributed by atoms with van der Waals surface area (Å²) in [6.45, 7) is 4.16. The number of Topliss-reactive ketones (excluding diaryl/α,β-unsaturated/α-hetero) is 1. The molecule has 0 aromatic heterocycles. The van der Waals surface area contributed by atoms with Crippen LogP contribution in [0, 0.1) is 23.2 Å². The highest BCUT2D eigenvalue weighted by Crippen LogP contribution is 2.54. The molecule has 1 heterocycles. The van der Waals surface area contributed by atoms with Crippen LogP contribution in [0.3, 0.4) is 0 Å². The lowest BCUT2D eigenvalue weighted by Gasteiger charge is -2.47. The van der Waals surface area contributed by atoms with Crippen molar-refractivity contribution in [3.05, 3.63) is 0 Å². The molecule has 0 bridgehead atoms. The van der Waals surface area contributed by atoms with Gasteiger partial charge in [0.25, 0.3) is 0 Å². The van der Waals surface area contributed by atoms with Crippen molar-refractivity contribution in [1.29, 1.82) is 0 Å². The Bertz CT molecular complexity index is 376. The van der Waals surface area contributed by atoms with Gasteiger partial charge in [0.15, 0.2) is 0 Å². The molecule has 5 atom stereocenters. The van der Waals surface area contributed by atoms with E-state index in [2.05, 4.69) is 6.92 Å². The molecule has 94 valence electrons. The lowest BCUT2D eigenvalue weighted by molar-refractivity contribution is -0.147. The van der Waals surface area contributed by atoms with Gasteiger partial charge in [-0.05, 0) is 31.1 Å². The Morgan fingerprint density at radius 3 is 2.88 bits per heavy atom. The minimum Gasteiger partial charge on any atom is -0.462 e. The standard InChI is InChI=1S/C14H20O3/c1-8-9-6-10-11(15)4-3-5-14(10,2)7-12(9)17-13(8)16/h8-10,12H,3-7H2,1-2H3/t8-,9-,10+,12-,14-/m1/s1. The topological polar surface area (TPSA) is 43.4 Å². The quantitative estimate of drug-likeness (QED) is 0.606. The van der Waals surface area contributed by atoms with E-state index in [1.807, 2.05) is 6.92 Å². The van der Waals surface area contributed by atoms with Gasteiger partial charge < -0.3 is 4.74 Å². The lowest BCUT2D eigenvalue weighted by Crippen LogP contribution is -2.47. The average Bonchev–Trinajstić information content (AvgIpc) is 2.52. The Morgan fingerprint density at radius 1 is 1.35 bits per heavy atom. The van der Waals surface area contributed by atoms with Crippen molar-refractivity contribution in [3.63, 3.8) is 0 Å². The second-order valence-electron chi connectivity index (χ2n) is 6.39. The maximum absolute atomic E-state index is 12.1. The number of carbonyl (C=O) groups excluding carboxylic acids is 2. The summed E-state index contributed by atoms with van der Waals surface area (Å²) >= 11 is 0. The van der Waals surface area contributed by atoms with Gasteiger partial charge in [-0.15, -0.1) is 0 Å². The van der Waals surface area contributed by atoms with Gasteiger partial charge in [-0.3, -0.25) is 9.59 Å². The molecule has 3 heteroatoms. The van der Waals surface area contributed by atoms with E-state index >= 15 is 0 Å². The smallest absolute Gasteiger partial charge is 0.309 e. The van der Waals surface area contributed by atoms with Crippen LogP contribution in [0.2, 0.25) is 0 Å². The van der Waals surface area contributed by atoms with Gasteiger partial charge >= 0.3 is 5.97 Å². The van der Waals surface area contributed by atoms with E-state index < -0.39 is 0 Å². The van der Waals surface area contributed by atoms with Gasteiger partial charge in [0, 0.05) is 18.3 Å². The Hall–Kier alpha value is -0.860. The first-order valence-electron chi connectivity index (χ1n) is 6.74. The van der Waals surface area contributed by atoms with Crippen molar-refractivity contribution >= 4 is 11.8 Å². The van der Waals surface area contributed by atoms with Gasteiger partial charge in [-0.2, -0.15) is 0 Å². The second-order valence-corrected chi connectivity index (χ2v) is 6.39. The van der Waals surface area contributed by atoms with Crippen LogP contribution < -0.4 is 0 Å². The molecule has 3 aliphatic rings. The summed E-state index contributed by atoms with van der Waals surface area (Å²) in [6.07, 6.45) is 4.69. The Labute approximate surface area is 102 Å². The van der Waals surface area contributed by atoms with Crippen molar-refractivity contribution in [1.82, 2.24) is 0 Å². The van der Waals surface area contributed by atoms with Gasteiger partial charge in [-0.1, -0.05) is 13.8 Å². The molecule has 1 saturated heterocycles. The van der Waals surface area contributed by atoms with E-state index in [0.29, 0.717) is 5.78 Å². The predicted octanol–water partition coefficient (Wildman–Crippen LogP) is 2.33. The van der Waals surface area contributed by atoms with E-state index in [1.165, 1.54) is 0 Å². The fourth-order valence-corrected chi connectivity index (χ4v) is 4.19. The first kappa shape index (κ1) is 11.2. The first-order valence-corrected chi connectivity index (χ1v) is 6.74. The molecule has 0 radical (unpaired) electrons. The summed E-state index contributed by atoms with van der Waals surface area (Å²) in [4.78, 5) is 23.7. The molecule has 0 amide bonds. The molecule has 2 saturated carbocycles. The molecule has 0 spiro atoms. The lowest BCUT2D eigenvalue weighted by atomic mass is 9.56. The fourth-order valence-electron chi connectivity index (χ4n) is 4.19. The van der Waals surface area contributed by atoms with Gasteiger partial charge in [0.2, 0.25) is 0 Å². The number of ketones is 1. The minimum atomic E-state index is -0.0605. The van der Waals surface area contributed by atoms with Crippen LogP contribution in [-0.2, 0) is 14.3 Å². The van der Waals surface area contributed by atoms with Crippen LogP contribution >= 0.6 is 0 Å². The maximum Gasteiger partial charge on any atom is 0.309 e. The summed E-state index contributed by atoms with van der Waals surface area (Å²) in [6, 6.07) is 0. The third kappa shape index (κ3) is 1.54. The third-order valence-electron chi connectivity index (χ3n) is 5.34. The highest BCUT2D eigenvalue weighted by molar-refractivity contribution is 5.83. The van der Waals surface area contributed by atoms with E-state index in [9.17, 15) is 9.59 Å². The average molecular weight is 236 g/mol. The zero-order chi connectivity index (χ0) is 12.2. The molecule has 17 heavy (non-hydrogen) atoms. The monoisotopic (exact) mass is 236 g/mol. The number of rotatable bonds is 0. The van der Waals surface area contributed by atoms with Crippen molar-refractivity contribution in [2.75, 3.05) is 0 Å². The molecular formula is C14H20O3. The molecule has 3 rings (SSSR count). The van der Waals surface area contributed by atoms with E-state index in [1.54, 1.807) is 0 Å². The summed E-state index contributed by atoms with van der Waals surface area (Å²) in [5.74, 6) is 0.801. The van der Waals surface area contributed by atoms with E-state index in [-0.39, 0.29) is 35.2 Å². The predicted molar refractivity (Wildman–Crippen MR) is 62.2 cm³/mol. The number of hydrogen-bond acceptors (Lipinski definition) is 3. The van der Waals surface area contributed by atoms with Crippen LogP contribution in [0.25, 0.3) is 0 Å². The number of esters is 1. The second kappa shape index (κ2) is 3.56. The molecule has 0 aromatic rings. The Kier molecular flexibility index (Phi) is 2.36. The number of carbonyl (C=O) groups is 2. The highest BCUT2D eigenvalue weighted by atomic mass is 16.6. The van der Waals surface area contributed by atoms with Crippen molar-refractivity contribution in [2.45, 2.75) is 52.1 Å². The van der Waals surface area contributed by atoms with Crippen LogP contribution in [0.4, 0.5) is 0 Å². The molecule has 3 fully saturated rings. The molecule has 2 aliphatic carbocycles. The largest absolute Gasteiger partial charge is 0.462 e. The molecule has 0 unspecified atom stereocenters. The van der Waals surface area contributed by atoms with Gasteiger partial charge in [-0.25, -0.2) is 0 Å². The van der Waals surface area contributed by atoms with Crippen LogP contribution in [0.1, 0.15) is 46.0 Å². The third-order valence-corrected chi connectivity index (χ3v) is 5.34. The normalized spacial score (nSPS) is 49.5. The number of hydrogen-bond donors (Lipinski definition) is 0. The Balaban J connectivity index is 1.88. The Morgan fingerprint density at radius 2 is 2.12 bits per heavy atom. The molecule has 3 nitrogen and oxygen atoms in total. The van der Waals surface area contributed by atoms with E-state index in [0.717, 1.165) is 32.1 Å². The minimum absolute atomic E-state index is 0.0146. The van der Waals surface area contributed by atoms with Gasteiger partial charge in [0.1, 0.15) is 11.9 Å². The molecular weight excluding hydrogens is 216 g/mol. The summed E-state index contributed by atoms with van der Waals surface area (Å²) in [7, 11) is 0. The number of fused-ring (bicyclic) bond motifs is 2.